The minimum Gasteiger partial charge on any atom is -0.452 e. The van der Waals surface area contributed by atoms with E-state index in [9.17, 15) is 18.0 Å². The van der Waals surface area contributed by atoms with E-state index < -0.39 is 28.5 Å². The Morgan fingerprint density at radius 2 is 1.60 bits per heavy atom. The van der Waals surface area contributed by atoms with Crippen LogP contribution in [0.2, 0.25) is 5.02 Å². The summed E-state index contributed by atoms with van der Waals surface area (Å²) >= 11 is 5.97. The van der Waals surface area contributed by atoms with Crippen LogP contribution in [0, 0.1) is 0 Å². The highest BCUT2D eigenvalue weighted by Gasteiger charge is 2.25. The van der Waals surface area contributed by atoms with Gasteiger partial charge in [0, 0.05) is 13.1 Å². The summed E-state index contributed by atoms with van der Waals surface area (Å²) in [6.07, 6.45) is 3.75. The van der Waals surface area contributed by atoms with Crippen molar-refractivity contribution in [2.75, 3.05) is 25.0 Å². The fraction of sp³-hybridized carbons (Fsp3) is 0.333. The topological polar surface area (TPSA) is 92.8 Å². The first kappa shape index (κ1) is 22.3. The lowest BCUT2D eigenvalue weighted by Gasteiger charge is -2.20. The zero-order chi connectivity index (χ0) is 21.6. The Morgan fingerprint density at radius 1 is 0.967 bits per heavy atom. The molecule has 0 saturated carbocycles. The number of ether oxygens (including phenoxy) is 1. The molecule has 1 fully saturated rings. The van der Waals surface area contributed by atoms with E-state index in [0.29, 0.717) is 23.8 Å². The third-order valence-electron chi connectivity index (χ3n) is 4.78. The van der Waals surface area contributed by atoms with Crippen LogP contribution in [0.4, 0.5) is 5.69 Å². The summed E-state index contributed by atoms with van der Waals surface area (Å²) in [6, 6.07) is 12.3. The molecule has 0 bridgehead atoms. The Labute approximate surface area is 181 Å². The lowest BCUT2D eigenvalue weighted by atomic mass is 10.2. The molecule has 1 aliphatic heterocycles. The van der Waals surface area contributed by atoms with Gasteiger partial charge in [-0.3, -0.25) is 4.79 Å². The Bertz CT molecular complexity index is 1000. The molecule has 2 aromatic rings. The van der Waals surface area contributed by atoms with Gasteiger partial charge in [0.05, 0.1) is 21.2 Å². The second-order valence-corrected chi connectivity index (χ2v) is 9.29. The van der Waals surface area contributed by atoms with Crippen molar-refractivity contribution >= 4 is 39.2 Å². The first-order valence-electron chi connectivity index (χ1n) is 9.69. The Balaban J connectivity index is 1.58. The van der Waals surface area contributed by atoms with Crippen molar-refractivity contribution in [3.05, 3.63) is 59.1 Å². The molecule has 1 aliphatic rings. The van der Waals surface area contributed by atoms with Gasteiger partial charge in [0.15, 0.2) is 6.61 Å². The van der Waals surface area contributed by atoms with Crippen molar-refractivity contribution in [3.8, 4) is 0 Å². The van der Waals surface area contributed by atoms with Crippen molar-refractivity contribution in [2.45, 2.75) is 30.6 Å². The average Bonchev–Trinajstić information content (AvgIpc) is 3.04. The Kier molecular flexibility index (Phi) is 7.47. The van der Waals surface area contributed by atoms with E-state index in [1.54, 1.807) is 24.3 Å². The second-order valence-electron chi connectivity index (χ2n) is 6.95. The summed E-state index contributed by atoms with van der Waals surface area (Å²) in [5.74, 6) is -1.25. The molecule has 160 valence electrons. The summed E-state index contributed by atoms with van der Waals surface area (Å²) < 4.78 is 32.1. The molecule has 30 heavy (non-hydrogen) atoms. The molecule has 9 heteroatoms. The van der Waals surface area contributed by atoms with Crippen LogP contribution in [0.1, 0.15) is 36.0 Å². The Hall–Kier alpha value is -2.42. The van der Waals surface area contributed by atoms with Crippen molar-refractivity contribution in [2.24, 2.45) is 0 Å². The van der Waals surface area contributed by atoms with Crippen LogP contribution in [0.5, 0.6) is 0 Å². The van der Waals surface area contributed by atoms with Crippen LogP contribution < -0.4 is 5.32 Å². The number of nitrogens with one attached hydrogen (secondary N) is 1. The molecule has 0 aliphatic carbocycles. The van der Waals surface area contributed by atoms with E-state index in [0.717, 1.165) is 25.7 Å². The molecule has 7 nitrogen and oxygen atoms in total. The summed E-state index contributed by atoms with van der Waals surface area (Å²) in [5.41, 5.74) is 0.582. The van der Waals surface area contributed by atoms with Gasteiger partial charge in [0.2, 0.25) is 10.0 Å². The summed E-state index contributed by atoms with van der Waals surface area (Å²) in [7, 11) is -3.59. The molecule has 0 spiro atoms. The number of benzene rings is 2. The van der Waals surface area contributed by atoms with E-state index in [1.807, 2.05) is 0 Å². The smallest absolute Gasteiger partial charge is 0.338 e. The van der Waals surface area contributed by atoms with Crippen LogP contribution in [-0.2, 0) is 19.6 Å². The maximum atomic E-state index is 12.8. The molecular formula is C21H23ClN2O5S. The van der Waals surface area contributed by atoms with E-state index in [4.69, 9.17) is 16.3 Å². The van der Waals surface area contributed by atoms with Gasteiger partial charge in [-0.1, -0.05) is 36.6 Å². The summed E-state index contributed by atoms with van der Waals surface area (Å²) in [4.78, 5) is 24.3. The van der Waals surface area contributed by atoms with Crippen LogP contribution in [0.15, 0.2) is 53.4 Å². The number of halogens is 1. The Morgan fingerprint density at radius 3 is 2.23 bits per heavy atom. The minimum absolute atomic E-state index is 0.136. The predicted octanol–water partition coefficient (Wildman–Crippen LogP) is 3.70. The number of carbonyl (C=O) groups is 2. The average molecular weight is 451 g/mol. The number of hydrogen-bond donors (Lipinski definition) is 1. The second kappa shape index (κ2) is 10.1. The minimum atomic E-state index is -3.59. The molecule has 1 heterocycles. The van der Waals surface area contributed by atoms with Gasteiger partial charge in [0.1, 0.15) is 0 Å². The number of rotatable bonds is 6. The fourth-order valence-corrected chi connectivity index (χ4v) is 4.86. The third kappa shape index (κ3) is 5.59. The van der Waals surface area contributed by atoms with Crippen LogP contribution >= 0.6 is 11.6 Å². The van der Waals surface area contributed by atoms with E-state index in [1.165, 1.54) is 28.6 Å². The highest BCUT2D eigenvalue weighted by molar-refractivity contribution is 7.89. The first-order valence-corrected chi connectivity index (χ1v) is 11.5. The largest absolute Gasteiger partial charge is 0.452 e. The van der Waals surface area contributed by atoms with Crippen molar-refractivity contribution in [3.63, 3.8) is 0 Å². The van der Waals surface area contributed by atoms with Crippen LogP contribution in [-0.4, -0.2) is 44.3 Å². The lowest BCUT2D eigenvalue weighted by molar-refractivity contribution is -0.119. The number of nitrogens with zero attached hydrogens (tertiary/aromatic N) is 1. The highest BCUT2D eigenvalue weighted by Crippen LogP contribution is 2.22. The molecule has 0 atom stereocenters. The van der Waals surface area contributed by atoms with Crippen molar-refractivity contribution in [1.82, 2.24) is 4.31 Å². The molecule has 3 rings (SSSR count). The van der Waals surface area contributed by atoms with Crippen molar-refractivity contribution in [1.29, 1.82) is 0 Å². The lowest BCUT2D eigenvalue weighted by Crippen LogP contribution is -2.31. The van der Waals surface area contributed by atoms with Gasteiger partial charge in [-0.25, -0.2) is 13.2 Å². The number of sulfonamides is 1. The van der Waals surface area contributed by atoms with Crippen LogP contribution in [0.25, 0.3) is 0 Å². The van der Waals surface area contributed by atoms with Gasteiger partial charge in [-0.2, -0.15) is 4.31 Å². The quantitative estimate of drug-likeness (QED) is 0.677. The zero-order valence-corrected chi connectivity index (χ0v) is 17.9. The number of amides is 1. The van der Waals surface area contributed by atoms with Crippen LogP contribution in [0.3, 0.4) is 0 Å². The highest BCUT2D eigenvalue weighted by atomic mass is 35.5. The number of carbonyl (C=O) groups excluding carboxylic acids is 2. The molecule has 0 aromatic heterocycles. The molecule has 1 saturated heterocycles. The summed E-state index contributed by atoms with van der Waals surface area (Å²) in [5, 5.41) is 2.93. The summed E-state index contributed by atoms with van der Waals surface area (Å²) in [6.45, 7) is 0.525. The van der Waals surface area contributed by atoms with E-state index >= 15 is 0 Å². The van der Waals surface area contributed by atoms with E-state index in [2.05, 4.69) is 5.32 Å². The number of hydrogen-bond acceptors (Lipinski definition) is 5. The number of esters is 1. The van der Waals surface area contributed by atoms with Crippen molar-refractivity contribution < 1.29 is 22.7 Å². The normalized spacial score (nSPS) is 15.2. The van der Waals surface area contributed by atoms with Gasteiger partial charge < -0.3 is 10.1 Å². The number of para-hydroxylation sites is 1. The molecule has 0 unspecified atom stereocenters. The first-order chi connectivity index (χ1) is 14.4. The predicted molar refractivity (Wildman–Crippen MR) is 114 cm³/mol. The zero-order valence-electron chi connectivity index (χ0n) is 16.3. The molecule has 0 radical (unpaired) electrons. The fourth-order valence-electron chi connectivity index (χ4n) is 3.16. The molecule has 2 aromatic carbocycles. The van der Waals surface area contributed by atoms with Gasteiger partial charge in [-0.05, 0) is 49.2 Å². The number of anilines is 1. The van der Waals surface area contributed by atoms with Gasteiger partial charge >= 0.3 is 5.97 Å². The molecule has 1 N–H and O–H groups in total. The maximum absolute atomic E-state index is 12.8. The molecule has 1 amide bonds. The standard InChI is InChI=1S/C21H23ClN2O5S/c22-18-7-3-4-8-19(18)23-20(25)15-29-21(26)16-9-11-17(12-10-16)30(27,28)24-13-5-1-2-6-14-24/h3-4,7-12H,1-2,5-6,13-15H2,(H,23,25). The van der Waals surface area contributed by atoms with E-state index in [-0.39, 0.29) is 10.5 Å². The molecular weight excluding hydrogens is 428 g/mol. The van der Waals surface area contributed by atoms with Gasteiger partial charge in [0.25, 0.3) is 5.91 Å². The SMILES string of the molecule is O=C(COC(=O)c1ccc(S(=O)(=O)N2CCCCCC2)cc1)Nc1ccccc1Cl. The maximum Gasteiger partial charge on any atom is 0.338 e. The van der Waals surface area contributed by atoms with Gasteiger partial charge in [-0.15, -0.1) is 0 Å². The monoisotopic (exact) mass is 450 g/mol. The third-order valence-corrected chi connectivity index (χ3v) is 7.02.